The van der Waals surface area contributed by atoms with Gasteiger partial charge >= 0.3 is 0 Å². The van der Waals surface area contributed by atoms with E-state index in [0.717, 1.165) is 11.3 Å². The number of hydrogen-bond donors (Lipinski definition) is 0. The van der Waals surface area contributed by atoms with Gasteiger partial charge in [-0.05, 0) is 24.1 Å². The number of ether oxygens (including phenoxy) is 1. The number of hydrogen-bond acceptors (Lipinski definition) is 3. The van der Waals surface area contributed by atoms with Crippen LogP contribution < -0.4 is 4.74 Å². The van der Waals surface area contributed by atoms with Gasteiger partial charge < -0.3 is 4.74 Å². The van der Waals surface area contributed by atoms with Gasteiger partial charge in [0.05, 0.1) is 7.11 Å². The lowest BCUT2D eigenvalue weighted by molar-refractivity contribution is -0.135. The molecule has 0 spiro atoms. The predicted molar refractivity (Wildman–Crippen MR) is 62.0 cm³/mol. The molecule has 0 radical (unpaired) electrons. The van der Waals surface area contributed by atoms with Gasteiger partial charge in [-0.2, -0.15) is 0 Å². The predicted octanol–water partition coefficient (Wildman–Crippen LogP) is 2.44. The van der Waals surface area contributed by atoms with Gasteiger partial charge in [0.2, 0.25) is 5.78 Å². The van der Waals surface area contributed by atoms with Crippen LogP contribution in [0.25, 0.3) is 0 Å². The summed E-state index contributed by atoms with van der Waals surface area (Å²) in [5, 5.41) is -0.915. The van der Waals surface area contributed by atoms with Gasteiger partial charge in [0.1, 0.15) is 11.1 Å². The van der Waals surface area contributed by atoms with E-state index in [9.17, 15) is 9.59 Å². The van der Waals surface area contributed by atoms with E-state index in [4.69, 9.17) is 16.3 Å². The molecular formula is C12H13ClO3. The smallest absolute Gasteiger partial charge is 0.220 e. The molecule has 0 saturated carbocycles. The van der Waals surface area contributed by atoms with E-state index in [1.54, 1.807) is 25.3 Å². The highest BCUT2D eigenvalue weighted by atomic mass is 35.5. The first-order valence-electron chi connectivity index (χ1n) is 4.80. The van der Waals surface area contributed by atoms with Gasteiger partial charge in [-0.1, -0.05) is 12.1 Å². The maximum atomic E-state index is 11.4. The highest BCUT2D eigenvalue weighted by Crippen LogP contribution is 2.26. The van der Waals surface area contributed by atoms with E-state index in [-0.39, 0.29) is 0 Å². The summed E-state index contributed by atoms with van der Waals surface area (Å²) in [6.07, 6.45) is 0. The zero-order valence-electron chi connectivity index (χ0n) is 9.41. The Balaban J connectivity index is 3.01. The van der Waals surface area contributed by atoms with Crippen LogP contribution in [0.2, 0.25) is 0 Å². The highest BCUT2D eigenvalue weighted by Gasteiger charge is 2.21. The lowest BCUT2D eigenvalue weighted by atomic mass is 10.0. The molecule has 1 atom stereocenters. The van der Waals surface area contributed by atoms with Crippen molar-refractivity contribution in [1.82, 2.24) is 0 Å². The van der Waals surface area contributed by atoms with Gasteiger partial charge in [0, 0.05) is 6.92 Å². The Labute approximate surface area is 99.4 Å². The average molecular weight is 241 g/mol. The third kappa shape index (κ3) is 2.61. The standard InChI is InChI=1S/C12H13ClO3/c1-7-6-9(4-5-10(7)16-3)11(13)12(15)8(2)14/h4-6,11H,1-3H3. The van der Waals surface area contributed by atoms with Crippen LogP contribution in [0, 0.1) is 6.92 Å². The zero-order valence-corrected chi connectivity index (χ0v) is 10.2. The van der Waals surface area contributed by atoms with Gasteiger partial charge in [-0.3, -0.25) is 9.59 Å². The Kier molecular flexibility index (Phi) is 4.07. The van der Waals surface area contributed by atoms with Crippen LogP contribution >= 0.6 is 11.6 Å². The van der Waals surface area contributed by atoms with Crippen molar-refractivity contribution in [3.05, 3.63) is 29.3 Å². The zero-order chi connectivity index (χ0) is 12.3. The fraction of sp³-hybridized carbons (Fsp3) is 0.333. The maximum Gasteiger partial charge on any atom is 0.220 e. The Morgan fingerprint density at radius 2 is 2.00 bits per heavy atom. The molecule has 0 fully saturated rings. The van der Waals surface area contributed by atoms with Gasteiger partial charge in [-0.15, -0.1) is 11.6 Å². The number of alkyl halides is 1. The molecule has 3 nitrogen and oxygen atoms in total. The number of carbonyl (C=O) groups is 2. The van der Waals surface area contributed by atoms with E-state index in [1.165, 1.54) is 6.92 Å². The molecule has 0 aromatic heterocycles. The molecule has 1 aromatic rings. The first-order chi connectivity index (χ1) is 7.47. The molecule has 0 aliphatic carbocycles. The molecular weight excluding hydrogens is 228 g/mol. The summed E-state index contributed by atoms with van der Waals surface area (Å²) in [5.74, 6) is -0.400. The quantitative estimate of drug-likeness (QED) is 0.600. The average Bonchev–Trinajstić information content (AvgIpc) is 2.26. The number of methoxy groups -OCH3 is 1. The normalized spacial score (nSPS) is 12.0. The Hall–Kier alpha value is -1.35. The number of ketones is 2. The van der Waals surface area contributed by atoms with Crippen molar-refractivity contribution in [1.29, 1.82) is 0 Å². The van der Waals surface area contributed by atoms with Crippen molar-refractivity contribution in [2.75, 3.05) is 7.11 Å². The van der Waals surface area contributed by atoms with Gasteiger partial charge in [-0.25, -0.2) is 0 Å². The fourth-order valence-corrected chi connectivity index (χ4v) is 1.68. The largest absolute Gasteiger partial charge is 0.496 e. The second kappa shape index (κ2) is 5.12. The monoisotopic (exact) mass is 240 g/mol. The van der Waals surface area contributed by atoms with Crippen molar-refractivity contribution in [2.45, 2.75) is 19.2 Å². The SMILES string of the molecule is COc1ccc(C(Cl)C(=O)C(C)=O)cc1C. The van der Waals surface area contributed by atoms with E-state index >= 15 is 0 Å². The first kappa shape index (κ1) is 12.7. The van der Waals surface area contributed by atoms with Crippen molar-refractivity contribution >= 4 is 23.2 Å². The van der Waals surface area contributed by atoms with Crippen LogP contribution in [-0.4, -0.2) is 18.7 Å². The molecule has 0 heterocycles. The number of halogens is 1. The van der Waals surface area contributed by atoms with Crippen LogP contribution in [0.4, 0.5) is 0 Å². The summed E-state index contributed by atoms with van der Waals surface area (Å²) < 4.78 is 5.09. The van der Waals surface area contributed by atoms with Crippen molar-refractivity contribution in [3.63, 3.8) is 0 Å². The van der Waals surface area contributed by atoms with E-state index < -0.39 is 16.9 Å². The molecule has 4 heteroatoms. The summed E-state index contributed by atoms with van der Waals surface area (Å²) in [6.45, 7) is 3.07. The van der Waals surface area contributed by atoms with Gasteiger partial charge in [0.15, 0.2) is 5.78 Å². The van der Waals surface area contributed by atoms with E-state index in [2.05, 4.69) is 0 Å². The van der Waals surface area contributed by atoms with Crippen molar-refractivity contribution in [2.24, 2.45) is 0 Å². The molecule has 16 heavy (non-hydrogen) atoms. The number of carbonyl (C=O) groups excluding carboxylic acids is 2. The lowest BCUT2D eigenvalue weighted by Gasteiger charge is -2.10. The number of Topliss-reactive ketones (excluding diaryl/α,β-unsaturated/α-hetero) is 2. The fourth-order valence-electron chi connectivity index (χ4n) is 1.39. The van der Waals surface area contributed by atoms with Crippen LogP contribution in [0.3, 0.4) is 0 Å². The van der Waals surface area contributed by atoms with Crippen LogP contribution in [0.5, 0.6) is 5.75 Å². The number of benzene rings is 1. The van der Waals surface area contributed by atoms with Crippen molar-refractivity contribution in [3.8, 4) is 5.75 Å². The van der Waals surface area contributed by atoms with Crippen LogP contribution in [-0.2, 0) is 9.59 Å². The second-order valence-corrected chi connectivity index (χ2v) is 3.95. The molecule has 0 aliphatic rings. The minimum atomic E-state index is -0.915. The van der Waals surface area contributed by atoms with Gasteiger partial charge in [0.25, 0.3) is 0 Å². The summed E-state index contributed by atoms with van der Waals surface area (Å²) in [6, 6.07) is 5.16. The minimum Gasteiger partial charge on any atom is -0.496 e. The molecule has 0 bridgehead atoms. The van der Waals surface area contributed by atoms with Crippen LogP contribution in [0.15, 0.2) is 18.2 Å². The van der Waals surface area contributed by atoms with Crippen LogP contribution in [0.1, 0.15) is 23.4 Å². The topological polar surface area (TPSA) is 43.4 Å². The third-order valence-corrected chi connectivity index (χ3v) is 2.74. The molecule has 0 N–H and O–H groups in total. The Morgan fingerprint density at radius 3 is 2.44 bits per heavy atom. The molecule has 0 aliphatic heterocycles. The first-order valence-corrected chi connectivity index (χ1v) is 5.24. The highest BCUT2D eigenvalue weighted by molar-refractivity contribution is 6.48. The summed E-state index contributed by atoms with van der Waals surface area (Å²) in [5.41, 5.74) is 1.49. The molecule has 1 rings (SSSR count). The molecule has 1 aromatic carbocycles. The Morgan fingerprint density at radius 1 is 1.38 bits per heavy atom. The summed E-state index contributed by atoms with van der Waals surface area (Å²) in [4.78, 5) is 22.3. The molecule has 1 unspecified atom stereocenters. The molecule has 86 valence electrons. The minimum absolute atomic E-state index is 0.534. The van der Waals surface area contributed by atoms with E-state index in [1.807, 2.05) is 6.92 Å². The van der Waals surface area contributed by atoms with Crippen molar-refractivity contribution < 1.29 is 14.3 Å². The maximum absolute atomic E-state index is 11.4. The number of aryl methyl sites for hydroxylation is 1. The Bertz CT molecular complexity index is 426. The van der Waals surface area contributed by atoms with E-state index in [0.29, 0.717) is 5.56 Å². The summed E-state index contributed by atoms with van der Waals surface area (Å²) in [7, 11) is 1.57. The molecule has 0 amide bonds. The lowest BCUT2D eigenvalue weighted by Crippen LogP contribution is -2.15. The second-order valence-electron chi connectivity index (χ2n) is 3.51. The number of rotatable bonds is 4. The molecule has 0 saturated heterocycles. The summed E-state index contributed by atoms with van der Waals surface area (Å²) >= 11 is 5.91. The third-order valence-electron chi connectivity index (χ3n) is 2.29.